The van der Waals surface area contributed by atoms with Crippen LogP contribution in [-0.2, 0) is 0 Å². The van der Waals surface area contributed by atoms with Crippen LogP contribution in [0.25, 0.3) is 10.8 Å². The first-order valence-corrected chi connectivity index (χ1v) is 9.05. The Morgan fingerprint density at radius 3 is 2.58 bits per heavy atom. The number of thiocarbonyl (C=S) groups is 1. The zero-order chi connectivity index (χ0) is 18.1. The first-order chi connectivity index (χ1) is 12.6. The number of fused-ring (bicyclic) bond motifs is 1. The first-order valence-electron chi connectivity index (χ1n) is 8.26. The minimum absolute atomic E-state index is 0.592. The molecule has 0 aliphatic carbocycles. The van der Waals surface area contributed by atoms with Crippen molar-refractivity contribution >= 4 is 50.8 Å². The van der Waals surface area contributed by atoms with Crippen molar-refractivity contribution in [3.05, 3.63) is 94.9 Å². The predicted octanol–water partition coefficient (Wildman–Crippen LogP) is 6.90. The van der Waals surface area contributed by atoms with Gasteiger partial charge in [0.2, 0.25) is 0 Å². The van der Waals surface area contributed by atoms with E-state index in [-0.39, 0.29) is 0 Å². The second-order valence-electron chi connectivity index (χ2n) is 6.12. The summed E-state index contributed by atoms with van der Waals surface area (Å²) in [6, 6.07) is 21.9. The molecule has 0 saturated heterocycles. The van der Waals surface area contributed by atoms with Gasteiger partial charge in [-0.15, -0.1) is 0 Å². The Bertz CT molecular complexity index is 1120. The number of aryl methyl sites for hydroxylation is 1. The van der Waals surface area contributed by atoms with E-state index in [1.165, 1.54) is 5.56 Å². The van der Waals surface area contributed by atoms with Crippen molar-refractivity contribution in [1.29, 1.82) is 0 Å². The molecule has 2 nitrogen and oxygen atoms in total. The van der Waals surface area contributed by atoms with Crippen LogP contribution in [0.2, 0.25) is 5.02 Å². The molecule has 0 bridgehead atoms. The molecule has 1 aromatic heterocycles. The highest BCUT2D eigenvalue weighted by molar-refractivity contribution is 7.81. The molecule has 128 valence electrons. The molecule has 1 N–H and O–H groups in total. The molecule has 4 rings (SSSR count). The average molecular weight is 378 g/mol. The molecule has 0 spiro atoms. The molecular weight excluding hydrogens is 362 g/mol. The Kier molecular flexibility index (Phi) is 4.49. The van der Waals surface area contributed by atoms with Gasteiger partial charge >= 0.3 is 0 Å². The number of halogens is 1. The van der Waals surface area contributed by atoms with Gasteiger partial charge in [0, 0.05) is 27.7 Å². The molecule has 0 fully saturated rings. The summed E-state index contributed by atoms with van der Waals surface area (Å²) in [5.74, 6) is 0.678. The molecular formula is C22H16ClNOS. The van der Waals surface area contributed by atoms with Crippen LogP contribution >= 0.6 is 23.8 Å². The van der Waals surface area contributed by atoms with Gasteiger partial charge in [-0.2, -0.15) is 0 Å². The highest BCUT2D eigenvalue weighted by Gasteiger charge is 2.16. The number of benzene rings is 3. The predicted molar refractivity (Wildman–Crippen MR) is 113 cm³/mol. The zero-order valence-corrected chi connectivity index (χ0v) is 15.7. The molecule has 26 heavy (non-hydrogen) atoms. The van der Waals surface area contributed by atoms with E-state index in [1.54, 1.807) is 6.26 Å². The smallest absolute Gasteiger partial charge is 0.153 e. The van der Waals surface area contributed by atoms with Crippen molar-refractivity contribution in [2.24, 2.45) is 0 Å². The van der Waals surface area contributed by atoms with E-state index in [1.807, 2.05) is 60.7 Å². The van der Waals surface area contributed by atoms with Crippen molar-refractivity contribution in [3.8, 4) is 0 Å². The Balaban J connectivity index is 1.66. The van der Waals surface area contributed by atoms with E-state index >= 15 is 0 Å². The lowest BCUT2D eigenvalue weighted by Crippen LogP contribution is -2.01. The molecule has 0 radical (unpaired) electrons. The Morgan fingerprint density at radius 1 is 1.00 bits per heavy atom. The minimum atomic E-state index is 0.592. The average Bonchev–Trinajstić information content (AvgIpc) is 3.07. The SMILES string of the molecule is Cc1ccccc1Nc1ccc(C(=S)c2occ3ccccc23)c(Cl)c1. The molecule has 0 atom stereocenters. The van der Waals surface area contributed by atoms with Crippen molar-refractivity contribution in [3.63, 3.8) is 0 Å². The highest BCUT2D eigenvalue weighted by atomic mass is 35.5. The molecule has 0 aliphatic heterocycles. The molecule has 0 unspecified atom stereocenters. The lowest BCUT2D eigenvalue weighted by molar-refractivity contribution is 0.564. The molecule has 4 aromatic rings. The van der Waals surface area contributed by atoms with E-state index in [4.69, 9.17) is 28.2 Å². The Morgan fingerprint density at radius 2 is 1.77 bits per heavy atom. The Hall–Kier alpha value is -2.62. The van der Waals surface area contributed by atoms with Gasteiger partial charge in [0.1, 0.15) is 0 Å². The fraction of sp³-hybridized carbons (Fsp3) is 0.0455. The molecule has 3 aromatic carbocycles. The van der Waals surface area contributed by atoms with Crippen LogP contribution in [0.4, 0.5) is 11.4 Å². The number of nitrogens with one attached hydrogen (secondary N) is 1. The van der Waals surface area contributed by atoms with Crippen molar-refractivity contribution in [2.75, 3.05) is 5.32 Å². The molecule has 1 heterocycles. The first kappa shape index (κ1) is 16.8. The number of para-hydroxylation sites is 1. The lowest BCUT2D eigenvalue weighted by atomic mass is 10.1. The normalized spacial score (nSPS) is 10.8. The summed E-state index contributed by atoms with van der Waals surface area (Å²) < 4.78 is 5.71. The minimum Gasteiger partial charge on any atom is -0.462 e. The van der Waals surface area contributed by atoms with Crippen LogP contribution in [0.15, 0.2) is 77.4 Å². The van der Waals surface area contributed by atoms with E-state index < -0.39 is 0 Å². The largest absolute Gasteiger partial charge is 0.462 e. The maximum absolute atomic E-state index is 6.53. The number of hydrogen-bond acceptors (Lipinski definition) is 3. The van der Waals surface area contributed by atoms with Crippen molar-refractivity contribution in [2.45, 2.75) is 6.92 Å². The van der Waals surface area contributed by atoms with Gasteiger partial charge < -0.3 is 9.73 Å². The highest BCUT2D eigenvalue weighted by Crippen LogP contribution is 2.30. The monoisotopic (exact) mass is 377 g/mol. The van der Waals surface area contributed by atoms with Gasteiger partial charge in [0.15, 0.2) is 5.76 Å². The van der Waals surface area contributed by atoms with Crippen molar-refractivity contribution < 1.29 is 4.42 Å². The van der Waals surface area contributed by atoms with Crippen LogP contribution < -0.4 is 5.32 Å². The number of anilines is 2. The van der Waals surface area contributed by atoms with Crippen LogP contribution in [-0.4, -0.2) is 4.86 Å². The van der Waals surface area contributed by atoms with Crippen molar-refractivity contribution in [1.82, 2.24) is 0 Å². The maximum Gasteiger partial charge on any atom is 0.153 e. The fourth-order valence-corrected chi connectivity index (χ4v) is 3.60. The zero-order valence-electron chi connectivity index (χ0n) is 14.1. The van der Waals surface area contributed by atoms with E-state index in [2.05, 4.69) is 18.3 Å². The van der Waals surface area contributed by atoms with E-state index in [0.29, 0.717) is 15.6 Å². The van der Waals surface area contributed by atoms with Gasteiger partial charge in [-0.05, 0) is 36.8 Å². The van der Waals surface area contributed by atoms with Crippen LogP contribution in [0.3, 0.4) is 0 Å². The summed E-state index contributed by atoms with van der Waals surface area (Å²) in [6.45, 7) is 2.06. The number of rotatable bonds is 4. The number of hydrogen-bond donors (Lipinski definition) is 1. The topological polar surface area (TPSA) is 25.2 Å². The van der Waals surface area contributed by atoms with E-state index in [9.17, 15) is 0 Å². The van der Waals surface area contributed by atoms with Crippen LogP contribution in [0, 0.1) is 6.92 Å². The van der Waals surface area contributed by atoms with Gasteiger partial charge in [0.25, 0.3) is 0 Å². The van der Waals surface area contributed by atoms with Crippen LogP contribution in [0.1, 0.15) is 16.9 Å². The maximum atomic E-state index is 6.53. The molecule has 0 saturated carbocycles. The quantitative estimate of drug-likeness (QED) is 0.309. The third-order valence-corrected chi connectivity index (χ3v) is 5.07. The summed E-state index contributed by atoms with van der Waals surface area (Å²) in [5, 5.41) is 6.01. The summed E-state index contributed by atoms with van der Waals surface area (Å²) in [7, 11) is 0. The fourth-order valence-electron chi connectivity index (χ4n) is 2.94. The Labute approximate surface area is 162 Å². The van der Waals surface area contributed by atoms with E-state index in [0.717, 1.165) is 27.7 Å². The lowest BCUT2D eigenvalue weighted by Gasteiger charge is -2.11. The van der Waals surface area contributed by atoms with Crippen LogP contribution in [0.5, 0.6) is 0 Å². The third-order valence-electron chi connectivity index (χ3n) is 4.35. The summed E-state index contributed by atoms with van der Waals surface area (Å²) >= 11 is 12.2. The second-order valence-corrected chi connectivity index (χ2v) is 6.93. The molecule has 4 heteroatoms. The molecule has 0 amide bonds. The standard InChI is InChI=1S/C22H16ClNOS/c1-14-6-2-5-9-20(14)24-16-10-11-18(19(23)12-16)22(26)21-17-8-4-3-7-15(17)13-25-21/h2-13,24H,1H3. The summed E-state index contributed by atoms with van der Waals surface area (Å²) in [6.07, 6.45) is 1.72. The van der Waals surface area contributed by atoms with Gasteiger partial charge in [-0.3, -0.25) is 0 Å². The number of furan rings is 1. The van der Waals surface area contributed by atoms with Gasteiger partial charge in [0.05, 0.1) is 16.2 Å². The van der Waals surface area contributed by atoms with Gasteiger partial charge in [-0.1, -0.05) is 66.3 Å². The summed E-state index contributed by atoms with van der Waals surface area (Å²) in [5.41, 5.74) is 3.93. The third kappa shape index (κ3) is 3.12. The second kappa shape index (κ2) is 6.94. The van der Waals surface area contributed by atoms with Gasteiger partial charge in [-0.25, -0.2) is 0 Å². The molecule has 0 aliphatic rings. The summed E-state index contributed by atoms with van der Waals surface area (Å²) in [4.78, 5) is 0.610.